The summed E-state index contributed by atoms with van der Waals surface area (Å²) < 4.78 is 7.58. The predicted molar refractivity (Wildman–Crippen MR) is 118 cm³/mol. The van der Waals surface area contributed by atoms with Gasteiger partial charge in [-0.2, -0.15) is 5.26 Å². The van der Waals surface area contributed by atoms with Crippen LogP contribution in [0.25, 0.3) is 16.7 Å². The number of carboxylic acid groups (broad SMARTS) is 1. The second-order valence-electron chi connectivity index (χ2n) is 7.63. The summed E-state index contributed by atoms with van der Waals surface area (Å²) >= 11 is 0. The number of hydrogen-bond donors (Lipinski definition) is 1. The molecule has 1 unspecified atom stereocenters. The van der Waals surface area contributed by atoms with Gasteiger partial charge in [0, 0.05) is 44.7 Å². The van der Waals surface area contributed by atoms with Crippen molar-refractivity contribution in [3.8, 4) is 11.8 Å². The van der Waals surface area contributed by atoms with Gasteiger partial charge in [-0.05, 0) is 43.3 Å². The first-order valence-corrected chi connectivity index (χ1v) is 10.2. The Labute approximate surface area is 180 Å². The van der Waals surface area contributed by atoms with E-state index in [0.29, 0.717) is 12.1 Å². The lowest BCUT2D eigenvalue weighted by Crippen LogP contribution is -2.46. The van der Waals surface area contributed by atoms with E-state index in [1.54, 1.807) is 25.3 Å². The molecule has 1 aromatic heterocycles. The highest BCUT2D eigenvalue weighted by molar-refractivity contribution is 5.93. The molecule has 1 atom stereocenters. The molecule has 0 radical (unpaired) electrons. The van der Waals surface area contributed by atoms with Crippen molar-refractivity contribution in [2.24, 2.45) is 0 Å². The van der Waals surface area contributed by atoms with Crippen LogP contribution in [0.1, 0.15) is 29.2 Å². The highest BCUT2D eigenvalue weighted by Crippen LogP contribution is 2.29. The van der Waals surface area contributed by atoms with Crippen molar-refractivity contribution in [2.75, 3.05) is 44.7 Å². The molecule has 8 nitrogen and oxygen atoms in total. The number of carbonyl (C=O) groups is 1. The third-order valence-electron chi connectivity index (χ3n) is 5.76. The van der Waals surface area contributed by atoms with Crippen LogP contribution in [0.4, 0.5) is 5.69 Å². The second kappa shape index (κ2) is 8.76. The number of aromatic carboxylic acids is 1. The summed E-state index contributed by atoms with van der Waals surface area (Å²) in [4.78, 5) is 20.6. The number of rotatable bonds is 6. The third kappa shape index (κ3) is 4.10. The fourth-order valence-corrected chi connectivity index (χ4v) is 3.97. The first-order valence-electron chi connectivity index (χ1n) is 10.2. The Bertz CT molecular complexity index is 1140. The lowest BCUT2D eigenvalue weighted by Gasteiger charge is -2.35. The minimum absolute atomic E-state index is 0.206. The van der Waals surface area contributed by atoms with Crippen LogP contribution in [0.2, 0.25) is 0 Å². The first-order chi connectivity index (χ1) is 15.0. The van der Waals surface area contributed by atoms with E-state index >= 15 is 0 Å². The van der Waals surface area contributed by atoms with Crippen molar-refractivity contribution >= 4 is 22.7 Å². The molecule has 0 aliphatic carbocycles. The molecule has 2 aromatic carbocycles. The first kappa shape index (κ1) is 20.8. The maximum Gasteiger partial charge on any atom is 0.335 e. The van der Waals surface area contributed by atoms with Gasteiger partial charge in [0.15, 0.2) is 0 Å². The fourth-order valence-electron chi connectivity index (χ4n) is 3.97. The Morgan fingerprint density at radius 1 is 1.19 bits per heavy atom. The average Bonchev–Trinajstić information content (AvgIpc) is 3.18. The van der Waals surface area contributed by atoms with Crippen LogP contribution in [0.3, 0.4) is 0 Å². The molecule has 0 saturated carbocycles. The zero-order valence-corrected chi connectivity index (χ0v) is 17.7. The number of piperazine rings is 1. The molecule has 1 fully saturated rings. The van der Waals surface area contributed by atoms with Gasteiger partial charge in [-0.3, -0.25) is 9.47 Å². The topological polar surface area (TPSA) is 94.6 Å². The van der Waals surface area contributed by atoms with E-state index in [4.69, 9.17) is 15.0 Å². The van der Waals surface area contributed by atoms with E-state index in [1.807, 2.05) is 23.6 Å². The molecule has 1 N–H and O–H groups in total. The number of methoxy groups -OCH3 is 1. The number of nitrogens with zero attached hydrogens (tertiary/aromatic N) is 5. The fraction of sp³-hybridized carbons (Fsp3) is 0.348. The molecule has 3 aromatic rings. The van der Waals surface area contributed by atoms with Crippen molar-refractivity contribution in [1.82, 2.24) is 14.5 Å². The van der Waals surface area contributed by atoms with Crippen LogP contribution >= 0.6 is 0 Å². The van der Waals surface area contributed by atoms with Crippen LogP contribution < -0.4 is 4.90 Å². The number of hydrogen-bond acceptors (Lipinski definition) is 6. The van der Waals surface area contributed by atoms with E-state index in [-0.39, 0.29) is 11.7 Å². The van der Waals surface area contributed by atoms with Crippen LogP contribution in [-0.2, 0) is 4.74 Å². The van der Waals surface area contributed by atoms with Crippen molar-refractivity contribution in [3.63, 3.8) is 0 Å². The summed E-state index contributed by atoms with van der Waals surface area (Å²) in [6, 6.07) is 15.5. The molecule has 4 rings (SSSR count). The Morgan fingerprint density at radius 2 is 1.94 bits per heavy atom. The van der Waals surface area contributed by atoms with Crippen molar-refractivity contribution in [3.05, 3.63) is 53.9 Å². The maximum atomic E-state index is 11.4. The third-order valence-corrected chi connectivity index (χ3v) is 5.76. The van der Waals surface area contributed by atoms with Crippen molar-refractivity contribution in [1.29, 1.82) is 5.26 Å². The quantitative estimate of drug-likeness (QED) is 0.614. The zero-order chi connectivity index (χ0) is 22.0. The molecule has 1 saturated heterocycles. The molecule has 0 spiro atoms. The van der Waals surface area contributed by atoms with E-state index in [2.05, 4.69) is 28.0 Å². The maximum absolute atomic E-state index is 11.4. The average molecular weight is 419 g/mol. The van der Waals surface area contributed by atoms with Crippen LogP contribution in [0.15, 0.2) is 42.5 Å². The van der Waals surface area contributed by atoms with Gasteiger partial charge in [-0.25, -0.2) is 9.78 Å². The minimum Gasteiger partial charge on any atom is -0.478 e. The number of aromatic nitrogens is 2. The van der Waals surface area contributed by atoms with E-state index in [1.165, 1.54) is 0 Å². The summed E-state index contributed by atoms with van der Waals surface area (Å²) in [6.45, 7) is 5.82. The van der Waals surface area contributed by atoms with Crippen LogP contribution in [0, 0.1) is 11.3 Å². The predicted octanol–water partition coefficient (Wildman–Crippen LogP) is 3.08. The SMILES string of the molecule is COC(C)c1nc2cc(C(=O)O)ccc2n1-c1cccc(N2CCN(CC#N)CC2)c1. The van der Waals surface area contributed by atoms with Gasteiger partial charge in [-0.1, -0.05) is 6.07 Å². The summed E-state index contributed by atoms with van der Waals surface area (Å²) in [5, 5.41) is 18.3. The Balaban J connectivity index is 1.74. The van der Waals surface area contributed by atoms with Gasteiger partial charge in [0.05, 0.1) is 29.2 Å². The van der Waals surface area contributed by atoms with Gasteiger partial charge < -0.3 is 14.7 Å². The van der Waals surface area contributed by atoms with E-state index in [0.717, 1.165) is 48.9 Å². The highest BCUT2D eigenvalue weighted by atomic mass is 16.5. The van der Waals surface area contributed by atoms with Gasteiger partial charge in [0.2, 0.25) is 0 Å². The van der Waals surface area contributed by atoms with Gasteiger partial charge in [-0.15, -0.1) is 0 Å². The molecule has 8 heteroatoms. The van der Waals surface area contributed by atoms with Crippen LogP contribution in [-0.4, -0.2) is 65.4 Å². The number of fused-ring (bicyclic) bond motifs is 1. The van der Waals surface area contributed by atoms with Crippen molar-refractivity contribution < 1.29 is 14.6 Å². The molecular weight excluding hydrogens is 394 g/mol. The highest BCUT2D eigenvalue weighted by Gasteiger charge is 2.21. The number of ether oxygens (including phenoxy) is 1. The lowest BCUT2D eigenvalue weighted by atomic mass is 10.2. The number of benzene rings is 2. The van der Waals surface area contributed by atoms with Crippen LogP contribution in [0.5, 0.6) is 0 Å². The van der Waals surface area contributed by atoms with Gasteiger partial charge in [0.1, 0.15) is 11.9 Å². The molecular formula is C23H25N5O3. The molecule has 2 heterocycles. The smallest absolute Gasteiger partial charge is 0.335 e. The molecule has 160 valence electrons. The van der Waals surface area contributed by atoms with Crippen molar-refractivity contribution in [2.45, 2.75) is 13.0 Å². The number of nitriles is 1. The normalized spacial score (nSPS) is 15.7. The van der Waals surface area contributed by atoms with E-state index < -0.39 is 5.97 Å². The van der Waals surface area contributed by atoms with Gasteiger partial charge in [0.25, 0.3) is 0 Å². The van der Waals surface area contributed by atoms with Gasteiger partial charge >= 0.3 is 5.97 Å². The molecule has 0 bridgehead atoms. The summed E-state index contributed by atoms with van der Waals surface area (Å²) in [7, 11) is 1.63. The number of imidazole rings is 1. The standard InChI is InChI=1S/C23H25N5O3/c1-16(31-2)22-25-20-14-17(23(29)30)6-7-21(20)28(22)19-5-3-4-18(15-19)27-12-10-26(9-8-24)11-13-27/h3-7,14-16H,9-13H2,1-2H3,(H,29,30). The lowest BCUT2D eigenvalue weighted by molar-refractivity contribution is 0.0697. The summed E-state index contributed by atoms with van der Waals surface area (Å²) in [6.07, 6.45) is -0.265. The Hall–Kier alpha value is -3.41. The number of anilines is 1. The Kier molecular flexibility index (Phi) is 5.89. The molecule has 31 heavy (non-hydrogen) atoms. The molecule has 1 aliphatic rings. The number of carboxylic acids is 1. The Morgan fingerprint density at radius 3 is 2.61 bits per heavy atom. The summed E-state index contributed by atoms with van der Waals surface area (Å²) in [5.74, 6) is -0.258. The van der Waals surface area contributed by atoms with E-state index in [9.17, 15) is 9.90 Å². The zero-order valence-electron chi connectivity index (χ0n) is 17.7. The largest absolute Gasteiger partial charge is 0.478 e. The second-order valence-corrected chi connectivity index (χ2v) is 7.63. The molecule has 1 aliphatic heterocycles. The molecule has 0 amide bonds. The minimum atomic E-state index is -0.977. The monoisotopic (exact) mass is 419 g/mol. The summed E-state index contributed by atoms with van der Waals surface area (Å²) in [5.41, 5.74) is 3.71.